The molecule has 0 unspecified atom stereocenters. The SMILES string of the molecule is Cc1nc(CC(=O)N[C@H](CCC(N)=O)C(=O)O)cs1. The van der Waals surface area contributed by atoms with Gasteiger partial charge in [-0.25, -0.2) is 9.78 Å². The fraction of sp³-hybridized carbons (Fsp3) is 0.455. The first-order valence-corrected chi connectivity index (χ1v) is 6.48. The Morgan fingerprint density at radius 2 is 2.21 bits per heavy atom. The number of primary amides is 1. The molecule has 0 aromatic carbocycles. The normalized spacial score (nSPS) is 11.8. The fourth-order valence-electron chi connectivity index (χ4n) is 1.44. The number of carbonyl (C=O) groups excluding carboxylic acids is 2. The van der Waals surface area contributed by atoms with Crippen LogP contribution in [0.5, 0.6) is 0 Å². The van der Waals surface area contributed by atoms with Gasteiger partial charge in [0.15, 0.2) is 0 Å². The van der Waals surface area contributed by atoms with Crippen molar-refractivity contribution in [1.29, 1.82) is 0 Å². The summed E-state index contributed by atoms with van der Waals surface area (Å²) in [6.45, 7) is 1.82. The van der Waals surface area contributed by atoms with Crippen LogP contribution in [0.15, 0.2) is 5.38 Å². The van der Waals surface area contributed by atoms with Crippen LogP contribution in [0.2, 0.25) is 0 Å². The van der Waals surface area contributed by atoms with E-state index in [1.165, 1.54) is 11.3 Å². The molecule has 19 heavy (non-hydrogen) atoms. The first-order chi connectivity index (χ1) is 8.88. The molecule has 0 bridgehead atoms. The average molecular weight is 285 g/mol. The maximum atomic E-state index is 11.7. The molecule has 0 radical (unpaired) electrons. The highest BCUT2D eigenvalue weighted by Gasteiger charge is 2.20. The van der Waals surface area contributed by atoms with Gasteiger partial charge in [-0.3, -0.25) is 9.59 Å². The third kappa shape index (κ3) is 5.47. The van der Waals surface area contributed by atoms with Crippen LogP contribution in [-0.2, 0) is 20.8 Å². The van der Waals surface area contributed by atoms with Crippen molar-refractivity contribution in [2.75, 3.05) is 0 Å². The summed E-state index contributed by atoms with van der Waals surface area (Å²) in [7, 11) is 0. The minimum atomic E-state index is -1.19. The zero-order chi connectivity index (χ0) is 14.4. The summed E-state index contributed by atoms with van der Waals surface area (Å²) in [5, 5.41) is 13.9. The number of hydrogen-bond donors (Lipinski definition) is 3. The Labute approximate surface area is 113 Å². The van der Waals surface area contributed by atoms with E-state index in [1.807, 2.05) is 6.92 Å². The van der Waals surface area contributed by atoms with E-state index >= 15 is 0 Å². The Morgan fingerprint density at radius 3 is 2.68 bits per heavy atom. The molecule has 1 heterocycles. The molecule has 7 nitrogen and oxygen atoms in total. The molecule has 2 amide bonds. The Kier molecular flexibility index (Phi) is 5.43. The number of amides is 2. The van der Waals surface area contributed by atoms with E-state index in [0.717, 1.165) is 5.01 Å². The molecular weight excluding hydrogens is 270 g/mol. The third-order valence-corrected chi connectivity index (χ3v) is 3.14. The second-order valence-corrected chi connectivity index (χ2v) is 5.06. The summed E-state index contributed by atoms with van der Waals surface area (Å²) >= 11 is 1.42. The first-order valence-electron chi connectivity index (χ1n) is 5.60. The highest BCUT2D eigenvalue weighted by molar-refractivity contribution is 7.09. The predicted molar refractivity (Wildman–Crippen MR) is 68.5 cm³/mol. The molecule has 8 heteroatoms. The van der Waals surface area contributed by atoms with Crippen LogP contribution in [0.1, 0.15) is 23.5 Å². The van der Waals surface area contributed by atoms with Crippen LogP contribution in [-0.4, -0.2) is 33.9 Å². The zero-order valence-corrected chi connectivity index (χ0v) is 11.2. The van der Waals surface area contributed by atoms with Crippen LogP contribution in [0.25, 0.3) is 0 Å². The van der Waals surface area contributed by atoms with Crippen LogP contribution in [0.4, 0.5) is 0 Å². The van der Waals surface area contributed by atoms with E-state index in [2.05, 4.69) is 10.3 Å². The number of aliphatic carboxylic acids is 1. The Morgan fingerprint density at radius 1 is 1.53 bits per heavy atom. The maximum absolute atomic E-state index is 11.7. The van der Waals surface area contributed by atoms with Gasteiger partial charge < -0.3 is 16.2 Å². The molecule has 1 atom stereocenters. The molecule has 1 rings (SSSR count). The van der Waals surface area contributed by atoms with Crippen molar-refractivity contribution in [3.63, 3.8) is 0 Å². The number of nitrogens with zero attached hydrogens (tertiary/aromatic N) is 1. The number of hydrogen-bond acceptors (Lipinski definition) is 5. The van der Waals surface area contributed by atoms with Crippen molar-refractivity contribution >= 4 is 29.1 Å². The lowest BCUT2D eigenvalue weighted by Gasteiger charge is -2.13. The highest BCUT2D eigenvalue weighted by atomic mass is 32.1. The Hall–Kier alpha value is -1.96. The van der Waals surface area contributed by atoms with Gasteiger partial charge in [0.2, 0.25) is 11.8 Å². The van der Waals surface area contributed by atoms with Crippen LogP contribution >= 0.6 is 11.3 Å². The molecule has 104 valence electrons. The number of carboxylic acid groups (broad SMARTS) is 1. The van der Waals surface area contributed by atoms with E-state index in [9.17, 15) is 14.4 Å². The highest BCUT2D eigenvalue weighted by Crippen LogP contribution is 2.08. The second kappa shape index (κ2) is 6.83. The zero-order valence-electron chi connectivity index (χ0n) is 10.4. The van der Waals surface area contributed by atoms with Crippen molar-refractivity contribution in [3.8, 4) is 0 Å². The van der Waals surface area contributed by atoms with Gasteiger partial charge in [0.1, 0.15) is 6.04 Å². The molecule has 1 aromatic rings. The first kappa shape index (κ1) is 15.1. The molecule has 0 saturated carbocycles. The lowest BCUT2D eigenvalue weighted by atomic mass is 10.1. The fourth-order valence-corrected chi connectivity index (χ4v) is 2.06. The summed E-state index contributed by atoms with van der Waals surface area (Å²) in [4.78, 5) is 37.3. The van der Waals surface area contributed by atoms with Crippen molar-refractivity contribution in [1.82, 2.24) is 10.3 Å². The number of aromatic nitrogens is 1. The standard InChI is InChI=1S/C11H15N3O4S/c1-6-13-7(5-19-6)4-10(16)14-8(11(17)18)2-3-9(12)15/h5,8H,2-4H2,1H3,(H2,12,15)(H,14,16)(H,17,18)/t8-/m1/s1. The van der Waals surface area contributed by atoms with Gasteiger partial charge in [0, 0.05) is 11.8 Å². The van der Waals surface area contributed by atoms with Gasteiger partial charge in [-0.15, -0.1) is 11.3 Å². The molecular formula is C11H15N3O4S. The number of thiazole rings is 1. The summed E-state index contributed by atoms with van der Waals surface area (Å²) in [5.41, 5.74) is 5.54. The molecule has 4 N–H and O–H groups in total. The van der Waals surface area contributed by atoms with E-state index in [1.54, 1.807) is 5.38 Å². The summed E-state index contributed by atoms with van der Waals surface area (Å²) in [6, 6.07) is -1.11. The summed E-state index contributed by atoms with van der Waals surface area (Å²) in [5.74, 6) is -2.23. The number of aryl methyl sites for hydroxylation is 1. The number of carboxylic acids is 1. The van der Waals surface area contributed by atoms with E-state index in [-0.39, 0.29) is 19.3 Å². The predicted octanol–water partition coefficient (Wildman–Crippen LogP) is -0.171. The van der Waals surface area contributed by atoms with E-state index in [0.29, 0.717) is 5.69 Å². The molecule has 0 saturated heterocycles. The average Bonchev–Trinajstić information content (AvgIpc) is 2.69. The number of nitrogens with two attached hydrogens (primary N) is 1. The summed E-state index contributed by atoms with van der Waals surface area (Å²) < 4.78 is 0. The van der Waals surface area contributed by atoms with E-state index in [4.69, 9.17) is 10.8 Å². The minimum absolute atomic E-state index is 0.0185. The topological polar surface area (TPSA) is 122 Å². The van der Waals surface area contributed by atoms with Crippen molar-refractivity contribution < 1.29 is 19.5 Å². The van der Waals surface area contributed by atoms with Gasteiger partial charge in [0.25, 0.3) is 0 Å². The molecule has 0 aliphatic heterocycles. The summed E-state index contributed by atoms with van der Waals surface area (Å²) in [6.07, 6.45) is -0.0930. The molecule has 0 fully saturated rings. The van der Waals surface area contributed by atoms with E-state index < -0.39 is 23.8 Å². The van der Waals surface area contributed by atoms with Gasteiger partial charge in [-0.05, 0) is 13.3 Å². The Balaban J connectivity index is 2.51. The maximum Gasteiger partial charge on any atom is 0.326 e. The minimum Gasteiger partial charge on any atom is -0.480 e. The number of nitrogens with one attached hydrogen (secondary N) is 1. The molecule has 0 aliphatic carbocycles. The second-order valence-electron chi connectivity index (χ2n) is 4.00. The lowest BCUT2D eigenvalue weighted by Crippen LogP contribution is -2.42. The smallest absolute Gasteiger partial charge is 0.326 e. The van der Waals surface area contributed by atoms with Crippen molar-refractivity contribution in [2.24, 2.45) is 5.73 Å². The van der Waals surface area contributed by atoms with Gasteiger partial charge in [-0.1, -0.05) is 0 Å². The van der Waals surface area contributed by atoms with Crippen LogP contribution < -0.4 is 11.1 Å². The number of rotatable bonds is 7. The van der Waals surface area contributed by atoms with Crippen molar-refractivity contribution in [2.45, 2.75) is 32.2 Å². The number of carbonyl (C=O) groups is 3. The largest absolute Gasteiger partial charge is 0.480 e. The Bertz CT molecular complexity index is 486. The van der Waals surface area contributed by atoms with Gasteiger partial charge in [-0.2, -0.15) is 0 Å². The van der Waals surface area contributed by atoms with Crippen molar-refractivity contribution in [3.05, 3.63) is 16.1 Å². The van der Waals surface area contributed by atoms with Gasteiger partial charge >= 0.3 is 5.97 Å². The van der Waals surface area contributed by atoms with Crippen LogP contribution in [0.3, 0.4) is 0 Å². The molecule has 0 aliphatic rings. The quantitative estimate of drug-likeness (QED) is 0.642. The monoisotopic (exact) mass is 285 g/mol. The molecule has 1 aromatic heterocycles. The molecule has 0 spiro atoms. The third-order valence-electron chi connectivity index (χ3n) is 2.32. The lowest BCUT2D eigenvalue weighted by molar-refractivity contribution is -0.142. The van der Waals surface area contributed by atoms with Crippen LogP contribution in [0, 0.1) is 6.92 Å². The van der Waals surface area contributed by atoms with Gasteiger partial charge in [0.05, 0.1) is 17.1 Å².